The highest BCUT2D eigenvalue weighted by Crippen LogP contribution is 2.24. The number of rotatable bonds is 4. The second-order valence-corrected chi connectivity index (χ2v) is 6.63. The molecule has 0 unspecified atom stereocenters. The molecule has 0 saturated heterocycles. The number of thioether (sulfide) groups is 1. The predicted octanol–water partition coefficient (Wildman–Crippen LogP) is 3.15. The molecule has 0 amide bonds. The smallest absolute Gasteiger partial charge is 0.258 e. The number of nitrogens with one attached hydrogen (secondary N) is 1. The number of aromatic nitrogens is 5. The fraction of sp³-hybridized carbons (Fsp3) is 0.111. The maximum Gasteiger partial charge on any atom is 0.258 e. The van der Waals surface area contributed by atoms with E-state index >= 15 is 0 Å². The molecule has 8 heteroatoms. The molecular formula is C18H14FN5OS. The highest BCUT2D eigenvalue weighted by Gasteiger charge is 2.12. The van der Waals surface area contributed by atoms with E-state index in [2.05, 4.69) is 20.2 Å². The van der Waals surface area contributed by atoms with Crippen molar-refractivity contribution < 1.29 is 4.39 Å². The molecule has 2 aromatic heterocycles. The molecule has 0 atom stereocenters. The number of nitrogens with zero attached hydrogens (tertiary/aromatic N) is 4. The minimum absolute atomic E-state index is 0.156. The molecule has 0 bridgehead atoms. The minimum atomic E-state index is -0.295. The highest BCUT2D eigenvalue weighted by atomic mass is 32.2. The zero-order chi connectivity index (χ0) is 18.1. The molecule has 0 radical (unpaired) electrons. The first kappa shape index (κ1) is 16.5. The molecule has 0 aliphatic carbocycles. The van der Waals surface area contributed by atoms with Crippen LogP contribution in [0.5, 0.6) is 0 Å². The van der Waals surface area contributed by atoms with Crippen LogP contribution < -0.4 is 5.56 Å². The van der Waals surface area contributed by atoms with Gasteiger partial charge < -0.3 is 9.55 Å². The zero-order valence-electron chi connectivity index (χ0n) is 13.8. The van der Waals surface area contributed by atoms with Crippen molar-refractivity contribution in [2.24, 2.45) is 7.05 Å². The van der Waals surface area contributed by atoms with Crippen LogP contribution in [0.3, 0.4) is 0 Å². The fourth-order valence-electron chi connectivity index (χ4n) is 2.63. The van der Waals surface area contributed by atoms with Gasteiger partial charge in [0.25, 0.3) is 5.56 Å². The monoisotopic (exact) mass is 367 g/mol. The SMILES string of the molecule is Cn1c(SCc2nc3ccccc3c(=O)[nH]2)nnc1-c1ccc(F)cc1. The molecule has 2 aromatic carbocycles. The molecule has 26 heavy (non-hydrogen) atoms. The summed E-state index contributed by atoms with van der Waals surface area (Å²) >= 11 is 1.42. The molecule has 130 valence electrons. The lowest BCUT2D eigenvalue weighted by Gasteiger charge is -2.05. The maximum atomic E-state index is 13.1. The van der Waals surface area contributed by atoms with Crippen molar-refractivity contribution in [3.8, 4) is 11.4 Å². The Morgan fingerprint density at radius 2 is 1.88 bits per heavy atom. The normalized spacial score (nSPS) is 11.2. The van der Waals surface area contributed by atoms with Crippen LogP contribution in [0.2, 0.25) is 0 Å². The van der Waals surface area contributed by atoms with Gasteiger partial charge in [-0.25, -0.2) is 9.37 Å². The Morgan fingerprint density at radius 3 is 2.69 bits per heavy atom. The van der Waals surface area contributed by atoms with Gasteiger partial charge in [0.1, 0.15) is 11.6 Å². The van der Waals surface area contributed by atoms with Crippen molar-refractivity contribution in [2.75, 3.05) is 0 Å². The van der Waals surface area contributed by atoms with Crippen LogP contribution in [0.4, 0.5) is 4.39 Å². The second-order valence-electron chi connectivity index (χ2n) is 5.69. The number of halogens is 1. The van der Waals surface area contributed by atoms with E-state index in [9.17, 15) is 9.18 Å². The molecule has 4 rings (SSSR count). The molecule has 0 spiro atoms. The molecule has 6 nitrogen and oxygen atoms in total. The van der Waals surface area contributed by atoms with Gasteiger partial charge in [-0.1, -0.05) is 23.9 Å². The Hall–Kier alpha value is -3.00. The summed E-state index contributed by atoms with van der Waals surface area (Å²) in [5.74, 6) is 1.38. The van der Waals surface area contributed by atoms with Crippen molar-refractivity contribution in [3.63, 3.8) is 0 Å². The average molecular weight is 367 g/mol. The summed E-state index contributed by atoms with van der Waals surface area (Å²) in [7, 11) is 1.84. The lowest BCUT2D eigenvalue weighted by atomic mass is 10.2. The molecule has 0 saturated carbocycles. The van der Waals surface area contributed by atoms with E-state index in [1.165, 1.54) is 23.9 Å². The number of hydrogen-bond donors (Lipinski definition) is 1. The molecule has 1 N–H and O–H groups in total. The van der Waals surface area contributed by atoms with Crippen LogP contribution in [0.15, 0.2) is 58.5 Å². The number of H-pyrrole nitrogens is 1. The summed E-state index contributed by atoms with van der Waals surface area (Å²) in [4.78, 5) is 19.4. The summed E-state index contributed by atoms with van der Waals surface area (Å²) in [6, 6.07) is 13.3. The Morgan fingerprint density at radius 1 is 1.12 bits per heavy atom. The number of hydrogen-bond acceptors (Lipinski definition) is 5. The number of benzene rings is 2. The number of para-hydroxylation sites is 1. The fourth-order valence-corrected chi connectivity index (χ4v) is 3.41. The van der Waals surface area contributed by atoms with E-state index in [-0.39, 0.29) is 11.4 Å². The van der Waals surface area contributed by atoms with Crippen LogP contribution in [0.1, 0.15) is 5.82 Å². The first-order valence-corrected chi connectivity index (χ1v) is 8.86. The van der Waals surface area contributed by atoms with Crippen LogP contribution in [-0.4, -0.2) is 24.7 Å². The van der Waals surface area contributed by atoms with Gasteiger partial charge >= 0.3 is 0 Å². The summed E-state index contributed by atoms with van der Waals surface area (Å²) in [6.45, 7) is 0. The average Bonchev–Trinajstić information content (AvgIpc) is 3.01. The summed E-state index contributed by atoms with van der Waals surface area (Å²) in [5.41, 5.74) is 1.29. The van der Waals surface area contributed by atoms with E-state index in [1.807, 2.05) is 29.8 Å². The minimum Gasteiger partial charge on any atom is -0.309 e. The van der Waals surface area contributed by atoms with E-state index in [1.54, 1.807) is 18.2 Å². The standard InChI is InChI=1S/C18H14FN5OS/c1-24-16(11-6-8-12(19)9-7-11)22-23-18(24)26-10-15-20-14-5-3-2-4-13(14)17(25)21-15/h2-9H,10H2,1H3,(H,20,21,25). The van der Waals surface area contributed by atoms with Gasteiger partial charge in [-0.2, -0.15) is 0 Å². The quantitative estimate of drug-likeness (QED) is 0.561. The summed E-state index contributed by atoms with van der Waals surface area (Å²) < 4.78 is 14.9. The van der Waals surface area contributed by atoms with E-state index < -0.39 is 0 Å². The third kappa shape index (κ3) is 3.11. The van der Waals surface area contributed by atoms with Gasteiger partial charge in [0, 0.05) is 12.6 Å². The third-order valence-electron chi connectivity index (χ3n) is 3.94. The van der Waals surface area contributed by atoms with E-state index in [4.69, 9.17) is 0 Å². The number of fused-ring (bicyclic) bond motifs is 1. The lowest BCUT2D eigenvalue weighted by molar-refractivity contribution is 0.628. The molecular weight excluding hydrogens is 353 g/mol. The molecule has 0 fully saturated rings. The van der Waals surface area contributed by atoms with Crippen LogP contribution in [0.25, 0.3) is 22.3 Å². The summed E-state index contributed by atoms with van der Waals surface area (Å²) in [6.07, 6.45) is 0. The van der Waals surface area contributed by atoms with Crippen molar-refractivity contribution in [2.45, 2.75) is 10.9 Å². The highest BCUT2D eigenvalue weighted by molar-refractivity contribution is 7.98. The first-order chi connectivity index (χ1) is 12.6. The Labute approximate surface area is 152 Å². The Bertz CT molecular complexity index is 1140. The van der Waals surface area contributed by atoms with Gasteiger partial charge in [-0.3, -0.25) is 4.79 Å². The lowest BCUT2D eigenvalue weighted by Crippen LogP contribution is -2.11. The van der Waals surface area contributed by atoms with Gasteiger partial charge in [-0.15, -0.1) is 10.2 Å². The predicted molar refractivity (Wildman–Crippen MR) is 98.3 cm³/mol. The summed E-state index contributed by atoms with van der Waals surface area (Å²) in [5, 5.41) is 9.60. The third-order valence-corrected chi connectivity index (χ3v) is 4.97. The molecule has 2 heterocycles. The van der Waals surface area contributed by atoms with Crippen molar-refractivity contribution in [1.82, 2.24) is 24.7 Å². The maximum absolute atomic E-state index is 13.1. The van der Waals surface area contributed by atoms with Gasteiger partial charge in [0.15, 0.2) is 11.0 Å². The van der Waals surface area contributed by atoms with Crippen molar-refractivity contribution >= 4 is 22.7 Å². The van der Waals surface area contributed by atoms with Crippen molar-refractivity contribution in [1.29, 1.82) is 0 Å². The number of aromatic amines is 1. The van der Waals surface area contributed by atoms with Crippen LogP contribution in [0, 0.1) is 5.82 Å². The topological polar surface area (TPSA) is 76.5 Å². The van der Waals surface area contributed by atoms with Crippen LogP contribution in [-0.2, 0) is 12.8 Å². The van der Waals surface area contributed by atoms with Gasteiger partial charge in [-0.05, 0) is 36.4 Å². The molecule has 0 aliphatic heterocycles. The second kappa shape index (κ2) is 6.72. The Balaban J connectivity index is 1.57. The molecule has 4 aromatic rings. The van der Waals surface area contributed by atoms with E-state index in [0.29, 0.717) is 33.5 Å². The molecule has 0 aliphatic rings. The zero-order valence-corrected chi connectivity index (χ0v) is 14.6. The van der Waals surface area contributed by atoms with E-state index in [0.717, 1.165) is 5.56 Å². The first-order valence-electron chi connectivity index (χ1n) is 7.88. The van der Waals surface area contributed by atoms with Crippen molar-refractivity contribution in [3.05, 3.63) is 70.5 Å². The van der Waals surface area contributed by atoms with Gasteiger partial charge in [0.05, 0.1) is 16.7 Å². The van der Waals surface area contributed by atoms with Crippen LogP contribution >= 0.6 is 11.8 Å². The van der Waals surface area contributed by atoms with Gasteiger partial charge in [0.2, 0.25) is 0 Å². The largest absolute Gasteiger partial charge is 0.309 e. The Kier molecular flexibility index (Phi) is 4.26.